The van der Waals surface area contributed by atoms with Crippen molar-refractivity contribution in [2.75, 3.05) is 17.6 Å². The number of aliphatic imine (C=N–C) groups is 1. The minimum atomic E-state index is -0.603. The van der Waals surface area contributed by atoms with E-state index in [1.54, 1.807) is 0 Å². The number of nitrogens with zero attached hydrogens (tertiary/aromatic N) is 3. The molecule has 0 spiro atoms. The largest absolute Gasteiger partial charge is 0.390 e. The van der Waals surface area contributed by atoms with Gasteiger partial charge in [0.25, 0.3) is 0 Å². The van der Waals surface area contributed by atoms with E-state index in [1.165, 1.54) is 5.57 Å². The van der Waals surface area contributed by atoms with Crippen LogP contribution in [-0.4, -0.2) is 39.5 Å². The number of rotatable bonds is 3. The fourth-order valence-corrected chi connectivity index (χ4v) is 3.53. The van der Waals surface area contributed by atoms with Crippen LogP contribution in [0.3, 0.4) is 0 Å². The monoisotopic (exact) mass is 323 g/mol. The summed E-state index contributed by atoms with van der Waals surface area (Å²) in [6.45, 7) is 2.58. The maximum Gasteiger partial charge on any atom is 0.222 e. The molecule has 2 aliphatic rings. The number of aliphatic hydroxyl groups is 1. The second-order valence-corrected chi connectivity index (χ2v) is 6.93. The van der Waals surface area contributed by atoms with E-state index in [0.29, 0.717) is 13.0 Å². The summed E-state index contributed by atoms with van der Waals surface area (Å²) in [5.74, 6) is 0.993. The van der Waals surface area contributed by atoms with Crippen LogP contribution in [0, 0.1) is 0 Å². The average Bonchev–Trinajstić information content (AvgIpc) is 3.16. The summed E-state index contributed by atoms with van der Waals surface area (Å²) in [6.07, 6.45) is 6.27. The highest BCUT2D eigenvalue weighted by Crippen LogP contribution is 2.33. The third-order valence-corrected chi connectivity index (χ3v) is 4.79. The fourth-order valence-electron chi connectivity index (χ4n) is 3.53. The Balaban J connectivity index is 1.68. The molecular formula is C18H21N5O. The predicted molar refractivity (Wildman–Crippen MR) is 97.2 cm³/mol. The molecule has 24 heavy (non-hydrogen) atoms. The zero-order valence-electron chi connectivity index (χ0n) is 13.7. The number of allylic oxidation sites excluding steroid dienone is 1. The summed E-state index contributed by atoms with van der Waals surface area (Å²) in [5.41, 5.74) is 8.40. The third-order valence-electron chi connectivity index (χ3n) is 4.79. The van der Waals surface area contributed by atoms with Gasteiger partial charge < -0.3 is 16.2 Å². The summed E-state index contributed by atoms with van der Waals surface area (Å²) in [7, 11) is 0. The number of hydrogen-bond donors (Lipinski definition) is 3. The first-order valence-corrected chi connectivity index (χ1v) is 8.26. The van der Waals surface area contributed by atoms with Crippen molar-refractivity contribution >= 4 is 34.5 Å². The van der Waals surface area contributed by atoms with Crippen molar-refractivity contribution in [2.24, 2.45) is 4.99 Å². The van der Waals surface area contributed by atoms with Gasteiger partial charge in [-0.2, -0.15) is 4.98 Å². The average molecular weight is 323 g/mol. The van der Waals surface area contributed by atoms with Gasteiger partial charge in [-0.3, -0.25) is 4.99 Å². The molecule has 0 unspecified atom stereocenters. The quantitative estimate of drug-likeness (QED) is 0.806. The van der Waals surface area contributed by atoms with Gasteiger partial charge in [-0.25, -0.2) is 4.98 Å². The molecule has 124 valence electrons. The summed E-state index contributed by atoms with van der Waals surface area (Å²) in [5, 5.41) is 14.5. The van der Waals surface area contributed by atoms with Crippen molar-refractivity contribution in [2.45, 2.75) is 37.8 Å². The highest BCUT2D eigenvalue weighted by Gasteiger charge is 2.33. The Morgan fingerprint density at radius 2 is 2.21 bits per heavy atom. The lowest BCUT2D eigenvalue weighted by atomic mass is 10.0. The molecule has 1 aliphatic heterocycles. The van der Waals surface area contributed by atoms with E-state index in [2.05, 4.69) is 26.3 Å². The van der Waals surface area contributed by atoms with E-state index in [0.717, 1.165) is 35.1 Å². The summed E-state index contributed by atoms with van der Waals surface area (Å²) in [6, 6.07) is 6.32. The van der Waals surface area contributed by atoms with E-state index in [9.17, 15) is 5.11 Å². The molecule has 1 aromatic carbocycles. The number of hydrogen-bond acceptors (Lipinski definition) is 6. The number of benzene rings is 1. The van der Waals surface area contributed by atoms with Gasteiger partial charge in [0.2, 0.25) is 5.95 Å². The van der Waals surface area contributed by atoms with Gasteiger partial charge in [0.05, 0.1) is 17.7 Å². The SMILES string of the molecule is C[C@@]1(O)CC[C@@H](Nc2nc(N)nc3cc(C4=CC=NC4)ccc23)C1. The van der Waals surface area contributed by atoms with Crippen molar-refractivity contribution < 1.29 is 5.11 Å². The smallest absolute Gasteiger partial charge is 0.222 e. The Kier molecular flexibility index (Phi) is 3.49. The van der Waals surface area contributed by atoms with Gasteiger partial charge in [-0.15, -0.1) is 0 Å². The highest BCUT2D eigenvalue weighted by atomic mass is 16.3. The van der Waals surface area contributed by atoms with Gasteiger partial charge in [-0.1, -0.05) is 6.07 Å². The number of nitrogen functional groups attached to an aromatic ring is 1. The lowest BCUT2D eigenvalue weighted by molar-refractivity contribution is 0.0673. The van der Waals surface area contributed by atoms with Crippen LogP contribution < -0.4 is 11.1 Å². The molecule has 4 N–H and O–H groups in total. The minimum absolute atomic E-state index is 0.197. The van der Waals surface area contributed by atoms with Crippen molar-refractivity contribution in [3.05, 3.63) is 29.8 Å². The van der Waals surface area contributed by atoms with Crippen molar-refractivity contribution in [3.8, 4) is 0 Å². The third kappa shape index (κ3) is 2.85. The van der Waals surface area contributed by atoms with Crippen LogP contribution in [0.1, 0.15) is 31.7 Å². The number of fused-ring (bicyclic) bond motifs is 1. The highest BCUT2D eigenvalue weighted by molar-refractivity contribution is 5.95. The lowest BCUT2D eigenvalue weighted by Gasteiger charge is -2.18. The molecule has 1 saturated carbocycles. The van der Waals surface area contributed by atoms with E-state index < -0.39 is 5.60 Å². The first-order chi connectivity index (χ1) is 11.5. The second kappa shape index (κ2) is 5.56. The summed E-state index contributed by atoms with van der Waals surface area (Å²) >= 11 is 0. The molecule has 2 aromatic rings. The molecule has 6 nitrogen and oxygen atoms in total. The molecule has 6 heteroatoms. The number of anilines is 2. The molecule has 1 aromatic heterocycles. The molecule has 0 bridgehead atoms. The first-order valence-electron chi connectivity index (χ1n) is 8.26. The number of nitrogens with one attached hydrogen (secondary N) is 1. The number of aromatic nitrogens is 2. The Labute approximate surface area is 140 Å². The van der Waals surface area contributed by atoms with Crippen molar-refractivity contribution in [3.63, 3.8) is 0 Å². The molecule has 2 heterocycles. The van der Waals surface area contributed by atoms with Crippen LogP contribution in [0.4, 0.5) is 11.8 Å². The predicted octanol–water partition coefficient (Wildman–Crippen LogP) is 2.40. The zero-order valence-corrected chi connectivity index (χ0v) is 13.7. The van der Waals surface area contributed by atoms with Gasteiger partial charge in [0.15, 0.2) is 0 Å². The maximum absolute atomic E-state index is 10.2. The molecule has 1 fully saturated rings. The van der Waals surface area contributed by atoms with E-state index in [1.807, 2.05) is 31.3 Å². The molecule has 4 rings (SSSR count). The van der Waals surface area contributed by atoms with Crippen molar-refractivity contribution in [1.82, 2.24) is 9.97 Å². The summed E-state index contributed by atoms with van der Waals surface area (Å²) in [4.78, 5) is 13.0. The summed E-state index contributed by atoms with van der Waals surface area (Å²) < 4.78 is 0. The van der Waals surface area contributed by atoms with Gasteiger partial charge in [0.1, 0.15) is 5.82 Å². The van der Waals surface area contributed by atoms with Crippen LogP contribution in [0.5, 0.6) is 0 Å². The zero-order chi connectivity index (χ0) is 16.7. The van der Waals surface area contributed by atoms with Gasteiger partial charge in [-0.05, 0) is 55.5 Å². The first kappa shape index (κ1) is 15.1. The fraction of sp³-hybridized carbons (Fsp3) is 0.389. The Hall–Kier alpha value is -2.47. The van der Waals surface area contributed by atoms with Crippen molar-refractivity contribution in [1.29, 1.82) is 0 Å². The molecule has 1 aliphatic carbocycles. The topological polar surface area (TPSA) is 96.4 Å². The van der Waals surface area contributed by atoms with E-state index >= 15 is 0 Å². The molecular weight excluding hydrogens is 302 g/mol. The van der Waals surface area contributed by atoms with Crippen LogP contribution in [-0.2, 0) is 0 Å². The normalized spacial score (nSPS) is 26.1. The Morgan fingerprint density at radius 3 is 2.92 bits per heavy atom. The Bertz CT molecular complexity index is 856. The van der Waals surface area contributed by atoms with Crippen LogP contribution >= 0.6 is 0 Å². The van der Waals surface area contributed by atoms with Gasteiger partial charge in [0, 0.05) is 17.6 Å². The van der Waals surface area contributed by atoms with Crippen LogP contribution in [0.15, 0.2) is 29.3 Å². The van der Waals surface area contributed by atoms with E-state index in [4.69, 9.17) is 5.73 Å². The molecule has 0 saturated heterocycles. The maximum atomic E-state index is 10.2. The standard InChI is InChI=1S/C18H21N5O/c1-18(24)6-4-13(9-18)21-16-14-3-2-11(12-5-7-20-10-12)8-15(14)22-17(19)23-16/h2-3,5,7-8,13,24H,4,6,9-10H2,1H3,(H3,19,21,22,23)/t13-,18-/m1/s1. The van der Waals surface area contributed by atoms with E-state index in [-0.39, 0.29) is 12.0 Å². The van der Waals surface area contributed by atoms with Crippen LogP contribution in [0.25, 0.3) is 16.5 Å². The molecule has 0 radical (unpaired) electrons. The number of nitrogens with two attached hydrogens (primary N) is 1. The molecule has 2 atom stereocenters. The van der Waals surface area contributed by atoms with Crippen LogP contribution in [0.2, 0.25) is 0 Å². The Morgan fingerprint density at radius 1 is 1.33 bits per heavy atom. The van der Waals surface area contributed by atoms with Gasteiger partial charge >= 0.3 is 0 Å². The molecule has 0 amide bonds. The second-order valence-electron chi connectivity index (χ2n) is 6.93. The lowest BCUT2D eigenvalue weighted by Crippen LogP contribution is -2.24. The minimum Gasteiger partial charge on any atom is -0.390 e.